The average molecular weight is 250 g/mol. The maximum absolute atomic E-state index is 11.1. The highest BCUT2D eigenvalue weighted by Gasteiger charge is 2.37. The Morgan fingerprint density at radius 3 is 3.22 bits per heavy atom. The van der Waals surface area contributed by atoms with Gasteiger partial charge < -0.3 is 4.74 Å². The predicted molar refractivity (Wildman–Crippen MR) is 64.4 cm³/mol. The molecule has 3 heterocycles. The Kier molecular flexibility index (Phi) is 2.87. The van der Waals surface area contributed by atoms with Crippen LogP contribution in [-0.2, 0) is 11.3 Å². The van der Waals surface area contributed by atoms with Gasteiger partial charge in [-0.1, -0.05) is 0 Å². The van der Waals surface area contributed by atoms with Crippen LogP contribution in [-0.4, -0.2) is 31.2 Å². The van der Waals surface area contributed by atoms with Gasteiger partial charge >= 0.3 is 11.5 Å². The van der Waals surface area contributed by atoms with Crippen molar-refractivity contribution in [3.8, 4) is 0 Å². The number of nitro groups is 1. The van der Waals surface area contributed by atoms with Gasteiger partial charge in [0.25, 0.3) is 0 Å². The van der Waals surface area contributed by atoms with E-state index >= 15 is 0 Å². The van der Waals surface area contributed by atoms with Gasteiger partial charge in [-0.25, -0.2) is 4.57 Å². The molecule has 0 radical (unpaired) electrons. The largest absolute Gasteiger partial charge is 0.381 e. The molecule has 0 amide bonds. The third kappa shape index (κ3) is 1.92. The summed E-state index contributed by atoms with van der Waals surface area (Å²) in [6.45, 7) is 4.11. The van der Waals surface area contributed by atoms with E-state index in [0.29, 0.717) is 5.92 Å². The van der Waals surface area contributed by atoms with Gasteiger partial charge in [0.05, 0.1) is 24.3 Å². The van der Waals surface area contributed by atoms with Gasteiger partial charge in [0.2, 0.25) is 0 Å². The molecule has 1 fully saturated rings. The van der Waals surface area contributed by atoms with Crippen molar-refractivity contribution in [1.82, 2.24) is 0 Å². The monoisotopic (exact) mass is 250 g/mol. The zero-order chi connectivity index (χ0) is 12.5. The zero-order valence-electron chi connectivity index (χ0n) is 10.1. The maximum atomic E-state index is 11.1. The maximum Gasteiger partial charge on any atom is 0.357 e. The first kappa shape index (κ1) is 11.4. The van der Waals surface area contributed by atoms with E-state index in [0.717, 1.165) is 45.1 Å². The molecule has 3 rings (SSSR count). The summed E-state index contributed by atoms with van der Waals surface area (Å²) in [7, 11) is 0. The quantitative estimate of drug-likeness (QED) is 0.451. The van der Waals surface area contributed by atoms with Crippen molar-refractivity contribution in [2.45, 2.75) is 13.0 Å². The molecule has 0 aromatic carbocycles. The first-order chi connectivity index (χ1) is 8.75. The van der Waals surface area contributed by atoms with Crippen LogP contribution in [0.5, 0.6) is 0 Å². The Hall–Kier alpha value is -1.69. The van der Waals surface area contributed by atoms with E-state index in [1.54, 1.807) is 12.1 Å². The molecule has 96 valence electrons. The van der Waals surface area contributed by atoms with Gasteiger partial charge in [-0.15, -0.1) is 0 Å². The minimum absolute atomic E-state index is 0.203. The molecule has 1 atom stereocenters. The number of rotatable bonds is 3. The van der Waals surface area contributed by atoms with Gasteiger partial charge in [-0.2, -0.15) is 0 Å². The molecule has 2 aliphatic rings. The van der Waals surface area contributed by atoms with E-state index in [2.05, 4.69) is 4.90 Å². The van der Waals surface area contributed by atoms with Gasteiger partial charge in [0.15, 0.2) is 0 Å². The molecule has 0 spiro atoms. The Morgan fingerprint density at radius 2 is 2.50 bits per heavy atom. The van der Waals surface area contributed by atoms with Crippen molar-refractivity contribution in [3.63, 3.8) is 0 Å². The number of hydrogen-bond donors (Lipinski definition) is 0. The number of anilines is 1. The fourth-order valence-corrected chi connectivity index (χ4v) is 2.75. The fourth-order valence-electron chi connectivity index (χ4n) is 2.75. The summed E-state index contributed by atoms with van der Waals surface area (Å²) in [5.41, 5.74) is 0.203. The third-order valence-corrected chi connectivity index (χ3v) is 3.63. The summed E-state index contributed by atoms with van der Waals surface area (Å²) in [5, 5.41) is 11.1. The Morgan fingerprint density at radius 1 is 1.61 bits per heavy atom. The molecule has 6 nitrogen and oxygen atoms in total. The van der Waals surface area contributed by atoms with Crippen LogP contribution in [0.4, 0.5) is 11.5 Å². The van der Waals surface area contributed by atoms with E-state index < -0.39 is 0 Å². The molecule has 1 unspecified atom stereocenters. The van der Waals surface area contributed by atoms with Crippen molar-refractivity contribution in [2.75, 3.05) is 31.2 Å². The predicted octanol–water partition coefficient (Wildman–Crippen LogP) is 0.739. The summed E-state index contributed by atoms with van der Waals surface area (Å²) in [5.74, 6) is 1.24. The van der Waals surface area contributed by atoms with Crippen molar-refractivity contribution in [2.24, 2.45) is 5.92 Å². The molecule has 0 saturated carbocycles. The Balaban J connectivity index is 1.87. The van der Waals surface area contributed by atoms with E-state index in [1.165, 1.54) is 0 Å². The summed E-state index contributed by atoms with van der Waals surface area (Å²) < 4.78 is 7.33. The fraction of sp³-hybridized carbons (Fsp3) is 0.583. The molecule has 1 saturated heterocycles. The Bertz CT molecular complexity index is 472. The Labute approximate surface area is 105 Å². The molecule has 0 aliphatic carbocycles. The van der Waals surface area contributed by atoms with Crippen molar-refractivity contribution < 1.29 is 14.2 Å². The number of hydrogen-bond acceptors (Lipinski definition) is 4. The van der Waals surface area contributed by atoms with Gasteiger partial charge in [0, 0.05) is 18.6 Å². The van der Waals surface area contributed by atoms with E-state index in [-0.39, 0.29) is 10.6 Å². The summed E-state index contributed by atoms with van der Waals surface area (Å²) in [6, 6.07) is 3.32. The van der Waals surface area contributed by atoms with Crippen LogP contribution >= 0.6 is 0 Å². The van der Waals surface area contributed by atoms with Crippen LogP contribution in [0.3, 0.4) is 0 Å². The van der Waals surface area contributed by atoms with Gasteiger partial charge in [-0.05, 0) is 12.5 Å². The standard InChI is InChI=1S/C12H16N3O3/c16-15(17)11-2-1-4-13-5-6-14(12(11)13)8-10-3-7-18-9-10/h1-2,4,10H,3,5-9H2/q+1. The molecule has 18 heavy (non-hydrogen) atoms. The summed E-state index contributed by atoms with van der Waals surface area (Å²) in [4.78, 5) is 12.9. The number of ether oxygens (including phenoxy) is 1. The van der Waals surface area contributed by atoms with Crippen LogP contribution < -0.4 is 9.47 Å². The first-order valence-electron chi connectivity index (χ1n) is 6.25. The molecule has 0 N–H and O–H groups in total. The van der Waals surface area contributed by atoms with Crippen LogP contribution in [0, 0.1) is 16.0 Å². The smallest absolute Gasteiger partial charge is 0.357 e. The lowest BCUT2D eigenvalue weighted by molar-refractivity contribution is -0.673. The second kappa shape index (κ2) is 4.53. The van der Waals surface area contributed by atoms with Crippen LogP contribution in [0.1, 0.15) is 6.42 Å². The number of nitrogens with zero attached hydrogens (tertiary/aromatic N) is 3. The average Bonchev–Trinajstić information content (AvgIpc) is 2.99. The van der Waals surface area contributed by atoms with Crippen LogP contribution in [0.2, 0.25) is 0 Å². The normalized spacial score (nSPS) is 22.2. The lowest BCUT2D eigenvalue weighted by atomic mass is 10.1. The molecular formula is C12H16N3O3+. The third-order valence-electron chi connectivity index (χ3n) is 3.63. The highest BCUT2D eigenvalue weighted by molar-refractivity contribution is 5.54. The summed E-state index contributed by atoms with van der Waals surface area (Å²) >= 11 is 0. The molecular weight excluding hydrogens is 234 g/mol. The van der Waals surface area contributed by atoms with E-state index in [9.17, 15) is 10.1 Å². The van der Waals surface area contributed by atoms with Gasteiger partial charge in [-0.3, -0.25) is 15.0 Å². The highest BCUT2D eigenvalue weighted by atomic mass is 16.6. The number of aromatic nitrogens is 1. The SMILES string of the molecule is O=[N+]([O-])c1ccc[n+]2c1N(CC1CCOC1)CC2. The second-order valence-corrected chi connectivity index (χ2v) is 4.84. The minimum atomic E-state index is -0.296. The zero-order valence-corrected chi connectivity index (χ0v) is 10.1. The lowest BCUT2D eigenvalue weighted by Crippen LogP contribution is -2.32. The van der Waals surface area contributed by atoms with Crippen LogP contribution in [0.15, 0.2) is 18.3 Å². The van der Waals surface area contributed by atoms with Crippen molar-refractivity contribution >= 4 is 11.5 Å². The topological polar surface area (TPSA) is 59.5 Å². The van der Waals surface area contributed by atoms with Crippen molar-refractivity contribution in [1.29, 1.82) is 0 Å². The first-order valence-corrected chi connectivity index (χ1v) is 6.25. The van der Waals surface area contributed by atoms with E-state index in [4.69, 9.17) is 4.74 Å². The number of pyridine rings is 1. The molecule has 2 aliphatic heterocycles. The van der Waals surface area contributed by atoms with Crippen molar-refractivity contribution in [3.05, 3.63) is 28.4 Å². The molecule has 6 heteroatoms. The van der Waals surface area contributed by atoms with Crippen LogP contribution in [0.25, 0.3) is 0 Å². The highest BCUT2D eigenvalue weighted by Crippen LogP contribution is 2.28. The number of fused-ring (bicyclic) bond motifs is 1. The molecule has 0 bridgehead atoms. The minimum Gasteiger partial charge on any atom is -0.381 e. The second-order valence-electron chi connectivity index (χ2n) is 4.84. The lowest BCUT2D eigenvalue weighted by Gasteiger charge is -2.13. The summed E-state index contributed by atoms with van der Waals surface area (Å²) in [6.07, 6.45) is 2.96. The molecule has 1 aromatic heterocycles. The van der Waals surface area contributed by atoms with Gasteiger partial charge in [0.1, 0.15) is 13.1 Å². The molecule has 1 aromatic rings. The van der Waals surface area contributed by atoms with E-state index in [1.807, 2.05) is 10.8 Å².